The van der Waals surface area contributed by atoms with Crippen molar-refractivity contribution in [3.05, 3.63) is 18.0 Å². The Morgan fingerprint density at radius 3 is 2.82 bits per heavy atom. The van der Waals surface area contributed by atoms with E-state index in [1.807, 2.05) is 25.1 Å². The van der Waals surface area contributed by atoms with Gasteiger partial charge in [0.05, 0.1) is 18.3 Å². The Labute approximate surface area is 130 Å². The molecule has 1 saturated carbocycles. The van der Waals surface area contributed by atoms with Gasteiger partial charge >= 0.3 is 6.03 Å². The number of nitrogens with zero attached hydrogens (tertiary/aromatic N) is 3. The van der Waals surface area contributed by atoms with Gasteiger partial charge in [0.15, 0.2) is 0 Å². The molecule has 4 atom stereocenters. The molecule has 120 valence electrons. The van der Waals surface area contributed by atoms with Crippen molar-refractivity contribution >= 4 is 11.9 Å². The van der Waals surface area contributed by atoms with Crippen LogP contribution in [-0.2, 0) is 11.8 Å². The zero-order valence-corrected chi connectivity index (χ0v) is 13.2. The van der Waals surface area contributed by atoms with Crippen LogP contribution in [0.1, 0.15) is 38.3 Å². The molecule has 0 bridgehead atoms. The first-order valence-corrected chi connectivity index (χ1v) is 7.79. The van der Waals surface area contributed by atoms with Crippen LogP contribution in [0.15, 0.2) is 12.4 Å². The molecule has 2 N–H and O–H groups in total. The van der Waals surface area contributed by atoms with Crippen molar-refractivity contribution in [3.8, 4) is 0 Å². The zero-order chi connectivity index (χ0) is 15.9. The first kappa shape index (κ1) is 14.9. The topological polar surface area (TPSA) is 79.3 Å². The number of likely N-dealkylation sites (tertiary alicyclic amines) is 1. The first-order chi connectivity index (χ1) is 10.4. The molecule has 7 heteroatoms. The highest BCUT2D eigenvalue weighted by Gasteiger charge is 2.44. The molecule has 7 nitrogen and oxygen atoms in total. The number of aryl methyl sites for hydroxylation is 1. The lowest BCUT2D eigenvalue weighted by Gasteiger charge is -2.18. The number of nitrogens with one attached hydrogen (secondary N) is 2. The number of amides is 3. The Morgan fingerprint density at radius 1 is 1.50 bits per heavy atom. The minimum Gasteiger partial charge on any atom is -0.337 e. The van der Waals surface area contributed by atoms with E-state index in [0.717, 1.165) is 12.0 Å². The predicted octanol–water partition coefficient (Wildman–Crippen LogP) is 0.790. The number of hydrogen-bond donors (Lipinski definition) is 2. The lowest BCUT2D eigenvalue weighted by Crippen LogP contribution is -2.44. The van der Waals surface area contributed by atoms with Gasteiger partial charge in [-0.05, 0) is 19.3 Å². The number of hydrogen-bond acceptors (Lipinski definition) is 3. The molecule has 22 heavy (non-hydrogen) atoms. The highest BCUT2D eigenvalue weighted by molar-refractivity contribution is 5.82. The Bertz CT molecular complexity index is 584. The summed E-state index contributed by atoms with van der Waals surface area (Å²) in [6, 6.07) is -0.0664. The molecule has 0 aromatic carbocycles. The van der Waals surface area contributed by atoms with Crippen LogP contribution in [-0.4, -0.2) is 45.2 Å². The summed E-state index contributed by atoms with van der Waals surface area (Å²) < 4.78 is 1.70. The molecule has 0 radical (unpaired) electrons. The Kier molecular flexibility index (Phi) is 3.80. The van der Waals surface area contributed by atoms with E-state index >= 15 is 0 Å². The average Bonchev–Trinajstić information content (AvgIpc) is 2.82. The van der Waals surface area contributed by atoms with Gasteiger partial charge in [-0.2, -0.15) is 5.10 Å². The van der Waals surface area contributed by atoms with E-state index in [0.29, 0.717) is 24.9 Å². The van der Waals surface area contributed by atoms with Crippen molar-refractivity contribution in [1.82, 2.24) is 25.3 Å². The zero-order valence-electron chi connectivity index (χ0n) is 13.2. The van der Waals surface area contributed by atoms with Crippen LogP contribution in [0.2, 0.25) is 0 Å². The van der Waals surface area contributed by atoms with Gasteiger partial charge in [0.2, 0.25) is 5.91 Å². The normalized spacial score (nSPS) is 28.6. The van der Waals surface area contributed by atoms with Crippen molar-refractivity contribution in [3.63, 3.8) is 0 Å². The molecule has 1 aromatic heterocycles. The van der Waals surface area contributed by atoms with E-state index < -0.39 is 0 Å². The summed E-state index contributed by atoms with van der Waals surface area (Å²) in [5.74, 6) is 0.752. The SMILES string of the molecule is C[C@H](NC(=O)N[C@@H]1CC(=O)N([C@H]2C[C@@H]2C)C1)c1cnn(C)c1. The number of urea groups is 1. The minimum atomic E-state index is -0.236. The van der Waals surface area contributed by atoms with Crippen molar-refractivity contribution in [2.45, 2.75) is 44.8 Å². The van der Waals surface area contributed by atoms with Gasteiger partial charge in [-0.1, -0.05) is 6.92 Å². The number of aromatic nitrogens is 2. The quantitative estimate of drug-likeness (QED) is 0.863. The summed E-state index contributed by atoms with van der Waals surface area (Å²) in [5.41, 5.74) is 0.952. The molecular weight excluding hydrogens is 282 g/mol. The minimum absolute atomic E-state index is 0.0959. The molecule has 3 rings (SSSR count). The predicted molar refractivity (Wildman–Crippen MR) is 81.0 cm³/mol. The molecule has 1 aliphatic carbocycles. The molecule has 3 amide bonds. The average molecular weight is 305 g/mol. The smallest absolute Gasteiger partial charge is 0.315 e. The van der Waals surface area contributed by atoms with E-state index in [9.17, 15) is 9.59 Å². The number of carbonyl (C=O) groups excluding carboxylic acids is 2. The third-order valence-corrected chi connectivity index (χ3v) is 4.53. The van der Waals surface area contributed by atoms with Gasteiger partial charge in [-0.3, -0.25) is 9.48 Å². The Hall–Kier alpha value is -2.05. The molecule has 2 aliphatic rings. The second-order valence-corrected chi connectivity index (χ2v) is 6.51. The molecular formula is C15H23N5O2. The van der Waals surface area contributed by atoms with Crippen LogP contribution in [0, 0.1) is 5.92 Å². The van der Waals surface area contributed by atoms with Gasteiger partial charge in [0, 0.05) is 37.8 Å². The second kappa shape index (κ2) is 5.62. The van der Waals surface area contributed by atoms with Gasteiger partial charge < -0.3 is 15.5 Å². The fraction of sp³-hybridized carbons (Fsp3) is 0.667. The third-order valence-electron chi connectivity index (χ3n) is 4.53. The third kappa shape index (κ3) is 3.08. The molecule has 2 fully saturated rings. The van der Waals surface area contributed by atoms with E-state index in [1.165, 1.54) is 0 Å². The fourth-order valence-electron chi connectivity index (χ4n) is 3.06. The summed E-state index contributed by atoms with van der Waals surface area (Å²) in [6.45, 7) is 4.69. The van der Waals surface area contributed by atoms with Crippen LogP contribution in [0.25, 0.3) is 0 Å². The van der Waals surface area contributed by atoms with Gasteiger partial charge in [0.1, 0.15) is 0 Å². The Morgan fingerprint density at radius 2 is 2.23 bits per heavy atom. The monoisotopic (exact) mass is 305 g/mol. The lowest BCUT2D eigenvalue weighted by atomic mass is 10.2. The molecule has 0 unspecified atom stereocenters. The van der Waals surface area contributed by atoms with Crippen LogP contribution < -0.4 is 10.6 Å². The summed E-state index contributed by atoms with van der Waals surface area (Å²) >= 11 is 0. The van der Waals surface area contributed by atoms with E-state index in [-0.39, 0.29) is 24.0 Å². The van der Waals surface area contributed by atoms with E-state index in [4.69, 9.17) is 0 Å². The maximum atomic E-state index is 12.1. The molecule has 1 saturated heterocycles. The summed E-state index contributed by atoms with van der Waals surface area (Å²) in [4.78, 5) is 26.0. The standard InChI is InChI=1S/C15H23N5O2/c1-9-4-13(9)20-8-12(5-14(20)21)18-15(22)17-10(2)11-6-16-19(3)7-11/h6-7,9-10,12-13H,4-5,8H2,1-3H3,(H2,17,18,22)/t9-,10-,12+,13-/m0/s1. The summed E-state index contributed by atoms with van der Waals surface area (Å²) in [6.07, 6.45) is 5.10. The Balaban J connectivity index is 1.49. The van der Waals surface area contributed by atoms with Crippen molar-refractivity contribution < 1.29 is 9.59 Å². The highest BCUT2D eigenvalue weighted by Crippen LogP contribution is 2.37. The molecule has 2 heterocycles. The summed E-state index contributed by atoms with van der Waals surface area (Å²) in [7, 11) is 1.84. The fourth-order valence-corrected chi connectivity index (χ4v) is 3.06. The molecule has 0 spiro atoms. The first-order valence-electron chi connectivity index (χ1n) is 7.79. The van der Waals surface area contributed by atoms with Crippen LogP contribution in [0.5, 0.6) is 0 Å². The van der Waals surface area contributed by atoms with E-state index in [2.05, 4.69) is 22.7 Å². The largest absolute Gasteiger partial charge is 0.337 e. The van der Waals surface area contributed by atoms with Crippen molar-refractivity contribution in [2.24, 2.45) is 13.0 Å². The van der Waals surface area contributed by atoms with Crippen molar-refractivity contribution in [2.75, 3.05) is 6.54 Å². The number of carbonyl (C=O) groups is 2. The van der Waals surface area contributed by atoms with Crippen LogP contribution >= 0.6 is 0 Å². The van der Waals surface area contributed by atoms with Crippen LogP contribution in [0.3, 0.4) is 0 Å². The second-order valence-electron chi connectivity index (χ2n) is 6.51. The lowest BCUT2D eigenvalue weighted by molar-refractivity contribution is -0.128. The van der Waals surface area contributed by atoms with Crippen molar-refractivity contribution in [1.29, 1.82) is 0 Å². The number of rotatable bonds is 4. The highest BCUT2D eigenvalue weighted by atomic mass is 16.2. The van der Waals surface area contributed by atoms with E-state index in [1.54, 1.807) is 10.9 Å². The van der Waals surface area contributed by atoms with Crippen LogP contribution in [0.4, 0.5) is 4.79 Å². The summed E-state index contributed by atoms with van der Waals surface area (Å²) in [5, 5.41) is 9.89. The van der Waals surface area contributed by atoms with Gasteiger partial charge in [-0.15, -0.1) is 0 Å². The maximum Gasteiger partial charge on any atom is 0.315 e. The van der Waals surface area contributed by atoms with Gasteiger partial charge in [-0.25, -0.2) is 4.79 Å². The molecule has 1 aromatic rings. The molecule has 1 aliphatic heterocycles. The van der Waals surface area contributed by atoms with Gasteiger partial charge in [0.25, 0.3) is 0 Å². The maximum absolute atomic E-state index is 12.1.